The quantitative estimate of drug-likeness (QED) is 0.754. The first kappa shape index (κ1) is 7.63. The highest BCUT2D eigenvalue weighted by atomic mass is 79.9. The maximum Gasteiger partial charge on any atom is 0.155 e. The monoisotopic (exact) mass is 205 g/mol. The van der Waals surface area contributed by atoms with Gasteiger partial charge in [0.25, 0.3) is 0 Å². The van der Waals surface area contributed by atoms with Crippen molar-refractivity contribution < 1.29 is 9.50 Å². The first-order valence-corrected chi connectivity index (χ1v) is 3.44. The molecule has 0 bridgehead atoms. The Balaban J connectivity index is 3.04. The highest BCUT2D eigenvalue weighted by molar-refractivity contribution is 9.10. The van der Waals surface area contributed by atoms with Gasteiger partial charge in [-0.2, -0.15) is 0 Å². The van der Waals surface area contributed by atoms with Crippen LogP contribution in [0.25, 0.3) is 0 Å². The van der Waals surface area contributed by atoms with Gasteiger partial charge in [0.15, 0.2) is 5.82 Å². The van der Waals surface area contributed by atoms with Crippen molar-refractivity contribution in [3.63, 3.8) is 0 Å². The van der Waals surface area contributed by atoms with E-state index in [9.17, 15) is 4.39 Å². The number of aromatic nitrogens is 1. The number of rotatable bonds is 1. The first-order chi connectivity index (χ1) is 4.74. The lowest BCUT2D eigenvalue weighted by atomic mass is 10.4. The Hall–Kier alpha value is -0.480. The molecule has 4 heteroatoms. The molecule has 0 aliphatic heterocycles. The smallest absolute Gasteiger partial charge is 0.155 e. The molecule has 0 saturated heterocycles. The molecule has 0 aliphatic carbocycles. The SMILES string of the molecule is OCc1cc(Br)c(F)cn1. The van der Waals surface area contributed by atoms with E-state index in [1.165, 1.54) is 6.07 Å². The number of pyridine rings is 1. The van der Waals surface area contributed by atoms with Crippen LogP contribution >= 0.6 is 15.9 Å². The molecule has 1 aromatic heterocycles. The van der Waals surface area contributed by atoms with Gasteiger partial charge in [-0.3, -0.25) is 4.98 Å². The molecule has 0 aliphatic rings. The molecule has 0 spiro atoms. The van der Waals surface area contributed by atoms with Crippen LogP contribution in [0.4, 0.5) is 4.39 Å². The summed E-state index contributed by atoms with van der Waals surface area (Å²) in [4.78, 5) is 3.60. The minimum absolute atomic E-state index is 0.168. The number of aliphatic hydroxyl groups is 1. The van der Waals surface area contributed by atoms with Gasteiger partial charge in [0, 0.05) is 0 Å². The van der Waals surface area contributed by atoms with Crippen molar-refractivity contribution >= 4 is 15.9 Å². The van der Waals surface area contributed by atoms with Crippen LogP contribution in [0.1, 0.15) is 5.69 Å². The maximum atomic E-state index is 12.4. The van der Waals surface area contributed by atoms with Crippen molar-refractivity contribution in [2.75, 3.05) is 0 Å². The van der Waals surface area contributed by atoms with Gasteiger partial charge in [0.1, 0.15) is 0 Å². The van der Waals surface area contributed by atoms with Crippen molar-refractivity contribution in [1.82, 2.24) is 4.98 Å². The van der Waals surface area contributed by atoms with Crippen molar-refractivity contribution in [3.8, 4) is 0 Å². The topological polar surface area (TPSA) is 33.1 Å². The van der Waals surface area contributed by atoms with E-state index in [1.807, 2.05) is 0 Å². The molecule has 1 aromatic rings. The molecular formula is C6H5BrFNO. The number of halogens is 2. The summed E-state index contributed by atoms with van der Waals surface area (Å²) in [6.07, 6.45) is 1.07. The molecule has 0 saturated carbocycles. The summed E-state index contributed by atoms with van der Waals surface area (Å²) >= 11 is 2.96. The van der Waals surface area contributed by atoms with Gasteiger partial charge >= 0.3 is 0 Å². The van der Waals surface area contributed by atoms with Gasteiger partial charge in [-0.25, -0.2) is 4.39 Å². The van der Waals surface area contributed by atoms with Gasteiger partial charge in [-0.1, -0.05) is 0 Å². The van der Waals surface area contributed by atoms with Crippen LogP contribution in [0.5, 0.6) is 0 Å². The Bertz CT molecular complexity index is 241. The normalized spacial score (nSPS) is 9.90. The number of aliphatic hydroxyl groups excluding tert-OH is 1. The Morgan fingerprint density at radius 1 is 1.70 bits per heavy atom. The average molecular weight is 206 g/mol. The highest BCUT2D eigenvalue weighted by Gasteiger charge is 1.99. The van der Waals surface area contributed by atoms with Gasteiger partial charge in [0.05, 0.1) is 23.0 Å². The van der Waals surface area contributed by atoms with E-state index in [4.69, 9.17) is 5.11 Å². The zero-order valence-electron chi connectivity index (χ0n) is 5.01. The Kier molecular flexibility index (Phi) is 2.34. The minimum atomic E-state index is -0.419. The van der Waals surface area contributed by atoms with E-state index in [1.54, 1.807) is 0 Å². The maximum absolute atomic E-state index is 12.4. The van der Waals surface area contributed by atoms with Crippen molar-refractivity contribution in [1.29, 1.82) is 0 Å². The number of hydrogen-bond donors (Lipinski definition) is 1. The molecule has 0 radical (unpaired) electrons. The fraction of sp³-hybridized carbons (Fsp3) is 0.167. The molecule has 1 N–H and O–H groups in total. The Morgan fingerprint density at radius 2 is 2.40 bits per heavy atom. The van der Waals surface area contributed by atoms with Gasteiger partial charge < -0.3 is 5.11 Å². The lowest BCUT2D eigenvalue weighted by Gasteiger charge is -1.95. The summed E-state index contributed by atoms with van der Waals surface area (Å²) in [5.41, 5.74) is 0.452. The molecule has 1 heterocycles. The molecular weight excluding hydrogens is 201 g/mol. The average Bonchev–Trinajstić information content (AvgIpc) is 1.95. The molecule has 2 nitrogen and oxygen atoms in total. The summed E-state index contributed by atoms with van der Waals surface area (Å²) in [5.74, 6) is -0.419. The summed E-state index contributed by atoms with van der Waals surface area (Å²) in [5, 5.41) is 8.55. The van der Waals surface area contributed by atoms with Crippen LogP contribution in [0.3, 0.4) is 0 Å². The van der Waals surface area contributed by atoms with Crippen molar-refractivity contribution in [3.05, 3.63) is 28.2 Å². The number of nitrogens with zero attached hydrogens (tertiary/aromatic N) is 1. The fourth-order valence-electron chi connectivity index (χ4n) is 0.540. The zero-order valence-corrected chi connectivity index (χ0v) is 6.60. The van der Waals surface area contributed by atoms with Crippen LogP contribution in [0.15, 0.2) is 16.7 Å². The van der Waals surface area contributed by atoms with Gasteiger partial charge in [0.2, 0.25) is 0 Å². The third kappa shape index (κ3) is 1.52. The summed E-state index contributed by atoms with van der Waals surface area (Å²) in [6.45, 7) is -0.168. The van der Waals surface area contributed by atoms with Gasteiger partial charge in [-0.15, -0.1) is 0 Å². The predicted molar refractivity (Wildman–Crippen MR) is 37.8 cm³/mol. The van der Waals surface area contributed by atoms with E-state index in [2.05, 4.69) is 20.9 Å². The molecule has 0 atom stereocenters. The molecule has 0 unspecified atom stereocenters. The zero-order chi connectivity index (χ0) is 7.56. The largest absolute Gasteiger partial charge is 0.390 e. The molecule has 10 heavy (non-hydrogen) atoms. The molecule has 0 amide bonds. The second kappa shape index (κ2) is 3.07. The van der Waals surface area contributed by atoms with Gasteiger partial charge in [-0.05, 0) is 22.0 Å². The first-order valence-electron chi connectivity index (χ1n) is 2.65. The standard InChI is InChI=1S/C6H5BrFNO/c7-5-1-4(3-10)9-2-6(5)8/h1-2,10H,3H2. The van der Waals surface area contributed by atoms with Crippen molar-refractivity contribution in [2.45, 2.75) is 6.61 Å². The van der Waals surface area contributed by atoms with Crippen LogP contribution in [-0.4, -0.2) is 10.1 Å². The Labute approximate surface area is 65.8 Å². The third-order valence-electron chi connectivity index (χ3n) is 1.03. The second-order valence-corrected chi connectivity index (χ2v) is 2.60. The lowest BCUT2D eigenvalue weighted by molar-refractivity contribution is 0.276. The molecule has 1 rings (SSSR count). The molecule has 0 aromatic carbocycles. The number of hydrogen-bond acceptors (Lipinski definition) is 2. The van der Waals surface area contributed by atoms with Crippen LogP contribution < -0.4 is 0 Å². The van der Waals surface area contributed by atoms with E-state index >= 15 is 0 Å². The van der Waals surface area contributed by atoms with Crippen molar-refractivity contribution in [2.24, 2.45) is 0 Å². The second-order valence-electron chi connectivity index (χ2n) is 1.75. The molecule has 54 valence electrons. The minimum Gasteiger partial charge on any atom is -0.390 e. The van der Waals surface area contributed by atoms with Crippen LogP contribution in [-0.2, 0) is 6.61 Å². The molecule has 0 fully saturated rings. The summed E-state index contributed by atoms with van der Waals surface area (Å²) < 4.78 is 12.8. The fourth-order valence-corrected chi connectivity index (χ4v) is 0.907. The Morgan fingerprint density at radius 3 is 2.90 bits per heavy atom. The summed E-state index contributed by atoms with van der Waals surface area (Å²) in [6, 6.07) is 1.44. The van der Waals surface area contributed by atoms with E-state index < -0.39 is 5.82 Å². The highest BCUT2D eigenvalue weighted by Crippen LogP contribution is 2.14. The van der Waals surface area contributed by atoms with E-state index in [-0.39, 0.29) is 6.61 Å². The summed E-state index contributed by atoms with van der Waals surface area (Å²) in [7, 11) is 0. The third-order valence-corrected chi connectivity index (χ3v) is 1.63. The van der Waals surface area contributed by atoms with E-state index in [0.717, 1.165) is 6.20 Å². The van der Waals surface area contributed by atoms with Crippen LogP contribution in [0.2, 0.25) is 0 Å². The van der Waals surface area contributed by atoms with E-state index in [0.29, 0.717) is 10.2 Å². The van der Waals surface area contributed by atoms with Crippen LogP contribution in [0, 0.1) is 5.82 Å². The predicted octanol–water partition coefficient (Wildman–Crippen LogP) is 1.48. The lowest BCUT2D eigenvalue weighted by Crippen LogP contribution is -1.89.